The standard InChI is InChI=1S/C21H24ClN5O2S2/c22-18-8-6-17(7-9-18)16-20-24-21(30-25-20)27-14-12-26(13-15-27)11-10-23-31(28,29)19-4-2-1-3-5-19/h1-9,23H,10-16H2. The number of rotatable bonds is 8. The molecule has 1 saturated heterocycles. The van der Waals surface area contributed by atoms with Crippen LogP contribution in [0.2, 0.25) is 5.02 Å². The van der Waals surface area contributed by atoms with E-state index < -0.39 is 10.0 Å². The molecule has 0 aliphatic carbocycles. The summed E-state index contributed by atoms with van der Waals surface area (Å²) < 4.78 is 31.8. The smallest absolute Gasteiger partial charge is 0.240 e. The van der Waals surface area contributed by atoms with Gasteiger partial charge in [0.2, 0.25) is 15.2 Å². The largest absolute Gasteiger partial charge is 0.344 e. The molecule has 0 unspecified atom stereocenters. The Kier molecular flexibility index (Phi) is 7.19. The van der Waals surface area contributed by atoms with Gasteiger partial charge in [-0.3, -0.25) is 4.90 Å². The van der Waals surface area contributed by atoms with Crippen molar-refractivity contribution in [2.24, 2.45) is 0 Å². The van der Waals surface area contributed by atoms with Crippen LogP contribution >= 0.6 is 23.1 Å². The van der Waals surface area contributed by atoms with Crippen LogP contribution in [0.4, 0.5) is 5.13 Å². The van der Waals surface area contributed by atoms with Gasteiger partial charge in [0.25, 0.3) is 0 Å². The van der Waals surface area contributed by atoms with E-state index >= 15 is 0 Å². The maximum Gasteiger partial charge on any atom is 0.240 e. The van der Waals surface area contributed by atoms with Crippen LogP contribution in [0.15, 0.2) is 59.5 Å². The minimum absolute atomic E-state index is 0.297. The molecule has 0 radical (unpaired) electrons. The number of benzene rings is 2. The van der Waals surface area contributed by atoms with Crippen molar-refractivity contribution in [1.29, 1.82) is 0 Å². The lowest BCUT2D eigenvalue weighted by atomic mass is 10.1. The van der Waals surface area contributed by atoms with Gasteiger partial charge in [0.15, 0.2) is 0 Å². The highest BCUT2D eigenvalue weighted by atomic mass is 35.5. The van der Waals surface area contributed by atoms with Crippen LogP contribution in [-0.4, -0.2) is 61.9 Å². The van der Waals surface area contributed by atoms with Crippen LogP contribution in [0.1, 0.15) is 11.4 Å². The summed E-state index contributed by atoms with van der Waals surface area (Å²) in [4.78, 5) is 9.50. The number of halogens is 1. The Morgan fingerprint density at radius 1 is 1.00 bits per heavy atom. The van der Waals surface area contributed by atoms with E-state index in [0.29, 0.717) is 24.4 Å². The summed E-state index contributed by atoms with van der Waals surface area (Å²) in [5.41, 5.74) is 1.14. The second-order valence-electron chi connectivity index (χ2n) is 7.34. The summed E-state index contributed by atoms with van der Waals surface area (Å²) in [5, 5.41) is 1.66. The van der Waals surface area contributed by atoms with Gasteiger partial charge in [-0.25, -0.2) is 18.1 Å². The molecular weight excluding hydrogens is 454 g/mol. The van der Waals surface area contributed by atoms with E-state index in [1.807, 2.05) is 24.3 Å². The number of aromatic nitrogens is 2. The molecule has 1 N–H and O–H groups in total. The fraction of sp³-hybridized carbons (Fsp3) is 0.333. The Hall–Kier alpha value is -2.04. The van der Waals surface area contributed by atoms with Crippen molar-refractivity contribution in [3.05, 3.63) is 71.0 Å². The number of hydrogen-bond donors (Lipinski definition) is 1. The van der Waals surface area contributed by atoms with E-state index in [1.54, 1.807) is 30.3 Å². The molecule has 0 saturated carbocycles. The van der Waals surface area contributed by atoms with Crippen molar-refractivity contribution in [2.45, 2.75) is 11.3 Å². The third-order valence-corrected chi connectivity index (χ3v) is 7.69. The Morgan fingerprint density at radius 2 is 1.71 bits per heavy atom. The van der Waals surface area contributed by atoms with Crippen LogP contribution in [0, 0.1) is 0 Å². The summed E-state index contributed by atoms with van der Waals surface area (Å²) in [7, 11) is -3.45. The molecule has 10 heteroatoms. The molecule has 2 heterocycles. The number of nitrogens with one attached hydrogen (secondary N) is 1. The van der Waals surface area contributed by atoms with Crippen molar-refractivity contribution in [3.63, 3.8) is 0 Å². The number of anilines is 1. The van der Waals surface area contributed by atoms with E-state index in [0.717, 1.165) is 47.7 Å². The third kappa shape index (κ3) is 6.02. The molecule has 3 aromatic rings. The van der Waals surface area contributed by atoms with Crippen LogP contribution in [0.3, 0.4) is 0 Å². The van der Waals surface area contributed by atoms with E-state index in [9.17, 15) is 8.42 Å². The number of piperazine rings is 1. The van der Waals surface area contributed by atoms with Crippen LogP contribution in [0.25, 0.3) is 0 Å². The SMILES string of the molecule is O=S(=O)(NCCN1CCN(c2nc(Cc3ccc(Cl)cc3)ns2)CC1)c1ccccc1. The van der Waals surface area contributed by atoms with Gasteiger partial charge in [-0.15, -0.1) is 0 Å². The lowest BCUT2D eigenvalue weighted by Gasteiger charge is -2.34. The quantitative estimate of drug-likeness (QED) is 0.537. The van der Waals surface area contributed by atoms with Crippen molar-refractivity contribution >= 4 is 38.3 Å². The highest BCUT2D eigenvalue weighted by molar-refractivity contribution is 7.89. The van der Waals surface area contributed by atoms with Crippen molar-refractivity contribution in [1.82, 2.24) is 19.0 Å². The van der Waals surface area contributed by atoms with Crippen molar-refractivity contribution in [2.75, 3.05) is 44.2 Å². The first-order valence-corrected chi connectivity index (χ1v) is 12.7. The van der Waals surface area contributed by atoms with E-state index in [2.05, 4.69) is 18.9 Å². The van der Waals surface area contributed by atoms with E-state index in [-0.39, 0.29) is 0 Å². The Morgan fingerprint density at radius 3 is 2.42 bits per heavy atom. The van der Waals surface area contributed by atoms with Gasteiger partial charge in [-0.1, -0.05) is 41.9 Å². The molecule has 4 rings (SSSR count). The molecule has 1 aliphatic rings. The Balaban J connectivity index is 1.23. The molecule has 164 valence electrons. The molecule has 0 bridgehead atoms. The average molecular weight is 478 g/mol. The maximum absolute atomic E-state index is 12.3. The van der Waals surface area contributed by atoms with Crippen LogP contribution in [-0.2, 0) is 16.4 Å². The molecule has 2 aromatic carbocycles. The molecule has 1 fully saturated rings. The average Bonchev–Trinajstić information content (AvgIpc) is 3.25. The molecule has 0 spiro atoms. The molecule has 1 aliphatic heterocycles. The highest BCUT2D eigenvalue weighted by Gasteiger charge is 2.21. The Labute approximate surface area is 191 Å². The summed E-state index contributed by atoms with van der Waals surface area (Å²) in [6, 6.07) is 16.2. The third-order valence-electron chi connectivity index (χ3n) is 5.15. The van der Waals surface area contributed by atoms with Gasteiger partial charge in [0, 0.05) is 62.2 Å². The van der Waals surface area contributed by atoms with Gasteiger partial charge in [-0.05, 0) is 29.8 Å². The molecular formula is C21H24ClN5O2S2. The first-order valence-electron chi connectivity index (χ1n) is 10.1. The summed E-state index contributed by atoms with van der Waals surface area (Å²) in [6.45, 7) is 4.49. The zero-order valence-electron chi connectivity index (χ0n) is 16.9. The first kappa shape index (κ1) is 22.2. The Bertz CT molecular complexity index is 1080. The minimum Gasteiger partial charge on any atom is -0.344 e. The van der Waals surface area contributed by atoms with Gasteiger partial charge in [0.1, 0.15) is 5.82 Å². The fourth-order valence-corrected chi connectivity index (χ4v) is 5.32. The normalized spacial score (nSPS) is 15.3. The molecule has 0 atom stereocenters. The molecule has 31 heavy (non-hydrogen) atoms. The minimum atomic E-state index is -3.45. The zero-order chi connectivity index (χ0) is 21.7. The molecule has 1 aromatic heterocycles. The van der Waals surface area contributed by atoms with E-state index in [4.69, 9.17) is 16.6 Å². The predicted octanol–water partition coefficient (Wildman–Crippen LogP) is 2.88. The molecule has 0 amide bonds. The van der Waals surface area contributed by atoms with Gasteiger partial charge < -0.3 is 4.90 Å². The summed E-state index contributed by atoms with van der Waals surface area (Å²) >= 11 is 7.37. The topological polar surface area (TPSA) is 78.4 Å². The number of nitrogens with zero attached hydrogens (tertiary/aromatic N) is 4. The monoisotopic (exact) mass is 477 g/mol. The van der Waals surface area contributed by atoms with Crippen LogP contribution < -0.4 is 9.62 Å². The maximum atomic E-state index is 12.3. The van der Waals surface area contributed by atoms with Gasteiger partial charge in [-0.2, -0.15) is 4.37 Å². The summed E-state index contributed by atoms with van der Waals surface area (Å²) in [6.07, 6.45) is 0.690. The van der Waals surface area contributed by atoms with Crippen molar-refractivity contribution in [3.8, 4) is 0 Å². The van der Waals surface area contributed by atoms with E-state index in [1.165, 1.54) is 11.5 Å². The van der Waals surface area contributed by atoms with Crippen LogP contribution in [0.5, 0.6) is 0 Å². The second kappa shape index (κ2) is 10.1. The van der Waals surface area contributed by atoms with Gasteiger partial charge in [0.05, 0.1) is 4.90 Å². The lowest BCUT2D eigenvalue weighted by Crippen LogP contribution is -2.48. The number of hydrogen-bond acceptors (Lipinski definition) is 7. The lowest BCUT2D eigenvalue weighted by molar-refractivity contribution is 0.262. The first-order chi connectivity index (χ1) is 15.0. The number of sulfonamides is 1. The second-order valence-corrected chi connectivity index (χ2v) is 10.3. The van der Waals surface area contributed by atoms with Crippen molar-refractivity contribution < 1.29 is 8.42 Å². The fourth-order valence-electron chi connectivity index (χ4n) is 3.41. The predicted molar refractivity (Wildman–Crippen MR) is 124 cm³/mol. The summed E-state index contributed by atoms with van der Waals surface area (Å²) in [5.74, 6) is 0.820. The molecule has 7 nitrogen and oxygen atoms in total. The zero-order valence-corrected chi connectivity index (χ0v) is 19.3. The van der Waals surface area contributed by atoms with Gasteiger partial charge >= 0.3 is 0 Å². The highest BCUT2D eigenvalue weighted by Crippen LogP contribution is 2.21.